The molecule has 0 fully saturated rings. The van der Waals surface area contributed by atoms with Gasteiger partial charge in [-0.05, 0) is 39.3 Å². The number of ketones is 1. The minimum absolute atomic E-state index is 0.0711. The minimum Gasteiger partial charge on any atom is -0.444 e. The highest BCUT2D eigenvalue weighted by Gasteiger charge is 2.15. The van der Waals surface area contributed by atoms with Gasteiger partial charge < -0.3 is 20.7 Å². The topological polar surface area (TPSA) is 122 Å². The van der Waals surface area contributed by atoms with Crippen LogP contribution in [-0.2, 0) is 9.53 Å². The fourth-order valence-electron chi connectivity index (χ4n) is 3.59. The first-order chi connectivity index (χ1) is 16.7. The normalized spacial score (nSPS) is 11.3. The zero-order valence-corrected chi connectivity index (χ0v) is 20.7. The SMILES string of the molecule is CCC(=O)c1ccc2c(c1)nc(NCCCC(=O)NCCNC(=O)OC(C)(C)C)c1ccncc12. The van der Waals surface area contributed by atoms with Crippen LogP contribution in [-0.4, -0.2) is 53.0 Å². The molecule has 0 aliphatic carbocycles. The summed E-state index contributed by atoms with van der Waals surface area (Å²) in [6, 6.07) is 7.47. The Morgan fingerprint density at radius 3 is 2.49 bits per heavy atom. The lowest BCUT2D eigenvalue weighted by molar-refractivity contribution is -0.121. The molecule has 3 N–H and O–H groups in total. The summed E-state index contributed by atoms with van der Waals surface area (Å²) in [6.07, 6.45) is 4.38. The van der Waals surface area contributed by atoms with Gasteiger partial charge >= 0.3 is 6.09 Å². The van der Waals surface area contributed by atoms with Crippen LogP contribution in [0.5, 0.6) is 0 Å². The maximum absolute atomic E-state index is 12.1. The summed E-state index contributed by atoms with van der Waals surface area (Å²) in [7, 11) is 0. The van der Waals surface area contributed by atoms with E-state index >= 15 is 0 Å². The van der Waals surface area contributed by atoms with Gasteiger partial charge in [0.1, 0.15) is 11.4 Å². The van der Waals surface area contributed by atoms with Crippen LogP contribution in [0.4, 0.5) is 10.6 Å². The van der Waals surface area contributed by atoms with Crippen LogP contribution in [0.3, 0.4) is 0 Å². The lowest BCUT2D eigenvalue weighted by Gasteiger charge is -2.19. The van der Waals surface area contributed by atoms with Gasteiger partial charge in [-0.25, -0.2) is 9.78 Å². The summed E-state index contributed by atoms with van der Waals surface area (Å²) in [5, 5.41) is 11.5. The highest BCUT2D eigenvalue weighted by atomic mass is 16.6. The quantitative estimate of drug-likeness (QED) is 0.226. The van der Waals surface area contributed by atoms with E-state index in [1.54, 1.807) is 33.2 Å². The van der Waals surface area contributed by atoms with E-state index in [0.717, 1.165) is 21.7 Å². The van der Waals surface area contributed by atoms with Gasteiger partial charge in [-0.2, -0.15) is 0 Å². The number of aromatic nitrogens is 2. The van der Waals surface area contributed by atoms with Crippen LogP contribution >= 0.6 is 0 Å². The molecular weight excluding hydrogens is 446 g/mol. The van der Waals surface area contributed by atoms with E-state index < -0.39 is 11.7 Å². The second-order valence-corrected chi connectivity index (χ2v) is 9.20. The number of carbonyl (C=O) groups is 3. The number of hydrogen-bond donors (Lipinski definition) is 3. The Morgan fingerprint density at radius 2 is 1.74 bits per heavy atom. The highest BCUT2D eigenvalue weighted by molar-refractivity contribution is 6.11. The third kappa shape index (κ3) is 7.37. The average Bonchev–Trinajstić information content (AvgIpc) is 2.82. The van der Waals surface area contributed by atoms with Crippen LogP contribution in [0.2, 0.25) is 0 Å². The van der Waals surface area contributed by atoms with Crippen molar-refractivity contribution in [1.29, 1.82) is 0 Å². The van der Waals surface area contributed by atoms with E-state index in [9.17, 15) is 14.4 Å². The standard InChI is InChI=1S/C26H33N5O4/c1-5-22(32)17-8-9-18-20-16-27-12-10-19(20)24(31-21(18)15-17)29-11-6-7-23(33)28-13-14-30-25(34)35-26(2,3)4/h8-10,12,15-16H,5-7,11,13-14H2,1-4H3,(H,28,33)(H,29,31)(H,30,34). The van der Waals surface area contributed by atoms with Gasteiger partial charge in [0.25, 0.3) is 0 Å². The molecule has 0 saturated heterocycles. The van der Waals surface area contributed by atoms with Crippen molar-refractivity contribution in [3.63, 3.8) is 0 Å². The zero-order chi connectivity index (χ0) is 25.4. The maximum Gasteiger partial charge on any atom is 0.407 e. The summed E-state index contributed by atoms with van der Waals surface area (Å²) in [4.78, 5) is 44.9. The molecular formula is C26H33N5O4. The van der Waals surface area contributed by atoms with Crippen molar-refractivity contribution in [1.82, 2.24) is 20.6 Å². The third-order valence-corrected chi connectivity index (χ3v) is 5.23. The molecule has 3 rings (SSSR count). The van der Waals surface area contributed by atoms with Crippen molar-refractivity contribution in [2.75, 3.05) is 25.0 Å². The fraction of sp³-hybridized carbons (Fsp3) is 0.423. The summed E-state index contributed by atoms with van der Waals surface area (Å²) in [5.74, 6) is 0.667. The number of anilines is 1. The molecule has 0 radical (unpaired) electrons. The van der Waals surface area contributed by atoms with Gasteiger partial charge in [-0.3, -0.25) is 14.6 Å². The molecule has 0 spiro atoms. The molecule has 186 valence electrons. The van der Waals surface area contributed by atoms with Gasteiger partial charge in [0.15, 0.2) is 5.78 Å². The summed E-state index contributed by atoms with van der Waals surface area (Å²) in [6.45, 7) is 8.38. The molecule has 0 unspecified atom stereocenters. The van der Waals surface area contributed by atoms with E-state index in [0.29, 0.717) is 50.3 Å². The van der Waals surface area contributed by atoms with Crippen molar-refractivity contribution in [3.05, 3.63) is 42.2 Å². The van der Waals surface area contributed by atoms with Crippen molar-refractivity contribution in [3.8, 4) is 0 Å². The minimum atomic E-state index is -0.558. The highest BCUT2D eigenvalue weighted by Crippen LogP contribution is 2.29. The Morgan fingerprint density at radius 1 is 0.971 bits per heavy atom. The summed E-state index contributed by atoms with van der Waals surface area (Å²) >= 11 is 0. The van der Waals surface area contributed by atoms with Gasteiger partial charge in [0.2, 0.25) is 5.91 Å². The lowest BCUT2D eigenvalue weighted by atomic mass is 10.0. The average molecular weight is 480 g/mol. The van der Waals surface area contributed by atoms with Crippen molar-refractivity contribution in [2.45, 2.75) is 52.6 Å². The first-order valence-electron chi connectivity index (χ1n) is 11.9. The number of carbonyl (C=O) groups excluding carboxylic acids is 3. The Labute approximate surface area is 205 Å². The molecule has 2 aromatic heterocycles. The molecule has 0 atom stereocenters. The zero-order valence-electron chi connectivity index (χ0n) is 20.7. The number of ether oxygens (including phenoxy) is 1. The molecule has 0 aliphatic rings. The first-order valence-corrected chi connectivity index (χ1v) is 11.9. The first kappa shape index (κ1) is 25.9. The second kappa shape index (κ2) is 11.6. The number of nitrogens with one attached hydrogen (secondary N) is 3. The smallest absolute Gasteiger partial charge is 0.407 e. The van der Waals surface area contributed by atoms with E-state index in [1.165, 1.54) is 0 Å². The van der Waals surface area contributed by atoms with E-state index in [1.807, 2.05) is 31.2 Å². The maximum atomic E-state index is 12.1. The number of alkyl carbamates (subject to hydrolysis) is 1. The number of fused-ring (bicyclic) bond motifs is 3. The van der Waals surface area contributed by atoms with Crippen molar-refractivity contribution < 1.29 is 19.1 Å². The number of benzene rings is 1. The molecule has 9 heteroatoms. The molecule has 3 aromatic rings. The second-order valence-electron chi connectivity index (χ2n) is 9.20. The Kier molecular flexibility index (Phi) is 8.57. The Bertz CT molecular complexity index is 1220. The predicted octanol–water partition coefficient (Wildman–Crippen LogP) is 4.21. The molecule has 0 saturated carbocycles. The number of pyridine rings is 2. The van der Waals surface area contributed by atoms with E-state index in [-0.39, 0.29) is 11.7 Å². The Hall–Kier alpha value is -3.75. The Balaban J connectivity index is 1.53. The monoisotopic (exact) mass is 479 g/mol. The third-order valence-electron chi connectivity index (χ3n) is 5.23. The summed E-state index contributed by atoms with van der Waals surface area (Å²) < 4.78 is 5.15. The molecule has 35 heavy (non-hydrogen) atoms. The number of rotatable bonds is 10. The molecule has 2 heterocycles. The van der Waals surface area contributed by atoms with Crippen LogP contribution in [0.15, 0.2) is 36.7 Å². The van der Waals surface area contributed by atoms with Crippen LogP contribution in [0, 0.1) is 0 Å². The van der Waals surface area contributed by atoms with Gasteiger partial charge in [0, 0.05) is 66.6 Å². The molecule has 2 amide bonds. The number of amides is 2. The fourth-order valence-corrected chi connectivity index (χ4v) is 3.59. The van der Waals surface area contributed by atoms with Gasteiger partial charge in [-0.15, -0.1) is 0 Å². The predicted molar refractivity (Wildman–Crippen MR) is 137 cm³/mol. The van der Waals surface area contributed by atoms with E-state index in [4.69, 9.17) is 9.72 Å². The molecule has 0 bridgehead atoms. The van der Waals surface area contributed by atoms with Crippen LogP contribution in [0.25, 0.3) is 21.7 Å². The lowest BCUT2D eigenvalue weighted by Crippen LogP contribution is -2.37. The molecule has 1 aromatic carbocycles. The number of hydrogen-bond acceptors (Lipinski definition) is 7. The summed E-state index contributed by atoms with van der Waals surface area (Å²) in [5.41, 5.74) is 0.805. The van der Waals surface area contributed by atoms with Crippen molar-refractivity contribution in [2.24, 2.45) is 0 Å². The largest absolute Gasteiger partial charge is 0.444 e. The van der Waals surface area contributed by atoms with Crippen LogP contribution < -0.4 is 16.0 Å². The molecule has 9 nitrogen and oxygen atoms in total. The number of Topliss-reactive ketones (excluding diaryl/α,β-unsaturated/α-hetero) is 1. The van der Waals surface area contributed by atoms with Gasteiger partial charge in [-0.1, -0.05) is 19.1 Å². The van der Waals surface area contributed by atoms with E-state index in [2.05, 4.69) is 20.9 Å². The molecule has 0 aliphatic heterocycles. The van der Waals surface area contributed by atoms with Gasteiger partial charge in [0.05, 0.1) is 5.52 Å². The number of nitrogens with zero attached hydrogens (tertiary/aromatic N) is 2. The van der Waals surface area contributed by atoms with Crippen molar-refractivity contribution >= 4 is 45.3 Å². The van der Waals surface area contributed by atoms with Crippen LogP contribution in [0.1, 0.15) is 57.3 Å².